The summed E-state index contributed by atoms with van der Waals surface area (Å²) in [6, 6.07) is 9.48. The summed E-state index contributed by atoms with van der Waals surface area (Å²) < 4.78 is 0. The Morgan fingerprint density at radius 1 is 1.04 bits per heavy atom. The normalized spacial score (nSPS) is 15.4. The second-order valence-electron chi connectivity index (χ2n) is 7.94. The number of anilines is 2. The number of hydrogen-bond donors (Lipinski definition) is 1. The van der Waals surface area contributed by atoms with Gasteiger partial charge in [0.1, 0.15) is 5.82 Å². The van der Waals surface area contributed by atoms with E-state index >= 15 is 0 Å². The average molecular weight is 353 g/mol. The Bertz CT molecular complexity index is 707. The third-order valence-electron chi connectivity index (χ3n) is 5.69. The maximum Gasteiger partial charge on any atom is 0.228 e. The highest BCUT2D eigenvalue weighted by Gasteiger charge is 2.24. The number of nitrogens with two attached hydrogens (primary N) is 1. The molecule has 0 spiro atoms. The van der Waals surface area contributed by atoms with Crippen molar-refractivity contribution in [2.24, 2.45) is 0 Å². The van der Waals surface area contributed by atoms with Crippen LogP contribution in [0, 0.1) is 13.8 Å². The summed E-state index contributed by atoms with van der Waals surface area (Å²) in [6.45, 7) is 9.31. The minimum absolute atomic E-state index is 0.495. The maximum absolute atomic E-state index is 6.16. The molecule has 4 nitrogen and oxygen atoms in total. The summed E-state index contributed by atoms with van der Waals surface area (Å²) in [5, 5.41) is 0. The van der Waals surface area contributed by atoms with Crippen LogP contribution in [-0.4, -0.2) is 16.0 Å². The fourth-order valence-electron chi connectivity index (χ4n) is 3.72. The quantitative estimate of drug-likeness (QED) is 0.809. The van der Waals surface area contributed by atoms with Crippen molar-refractivity contribution in [1.82, 2.24) is 9.97 Å². The lowest BCUT2D eigenvalue weighted by molar-refractivity contribution is 0.409. The molecule has 0 unspecified atom stereocenters. The first-order chi connectivity index (χ1) is 12.5. The molecule has 1 aromatic heterocycles. The van der Waals surface area contributed by atoms with Gasteiger partial charge in [0, 0.05) is 23.8 Å². The van der Waals surface area contributed by atoms with Crippen LogP contribution in [0.1, 0.15) is 74.3 Å². The van der Waals surface area contributed by atoms with Crippen molar-refractivity contribution < 1.29 is 0 Å². The van der Waals surface area contributed by atoms with Gasteiger partial charge in [-0.1, -0.05) is 57.4 Å². The van der Waals surface area contributed by atoms with Crippen LogP contribution in [0.3, 0.4) is 0 Å². The smallest absolute Gasteiger partial charge is 0.228 e. The van der Waals surface area contributed by atoms with E-state index in [-0.39, 0.29) is 0 Å². The molecule has 1 aromatic carbocycles. The van der Waals surface area contributed by atoms with Gasteiger partial charge in [-0.25, -0.2) is 4.98 Å². The molecule has 0 aliphatic heterocycles. The van der Waals surface area contributed by atoms with Gasteiger partial charge in [0.05, 0.1) is 0 Å². The van der Waals surface area contributed by atoms with Crippen molar-refractivity contribution in [2.45, 2.75) is 78.3 Å². The van der Waals surface area contributed by atoms with E-state index in [4.69, 9.17) is 10.7 Å². The first-order valence-electron chi connectivity index (χ1n) is 9.92. The van der Waals surface area contributed by atoms with Gasteiger partial charge in [-0.3, -0.25) is 0 Å². The van der Waals surface area contributed by atoms with Gasteiger partial charge < -0.3 is 10.6 Å². The predicted molar refractivity (Wildman–Crippen MR) is 110 cm³/mol. The van der Waals surface area contributed by atoms with Gasteiger partial charge in [0.25, 0.3) is 0 Å². The Hall–Kier alpha value is -2.10. The van der Waals surface area contributed by atoms with Gasteiger partial charge in [-0.15, -0.1) is 0 Å². The van der Waals surface area contributed by atoms with Crippen LogP contribution in [0.5, 0.6) is 0 Å². The largest absolute Gasteiger partial charge is 0.383 e. The lowest BCUT2D eigenvalue weighted by Crippen LogP contribution is -2.38. The molecule has 140 valence electrons. The molecule has 26 heavy (non-hydrogen) atoms. The van der Waals surface area contributed by atoms with Crippen molar-refractivity contribution in [3.8, 4) is 0 Å². The van der Waals surface area contributed by atoms with Crippen molar-refractivity contribution in [3.63, 3.8) is 0 Å². The van der Waals surface area contributed by atoms with E-state index in [9.17, 15) is 0 Å². The summed E-state index contributed by atoms with van der Waals surface area (Å²) in [6.07, 6.45) is 6.32. The van der Waals surface area contributed by atoms with E-state index in [1.165, 1.54) is 43.2 Å². The molecule has 0 bridgehead atoms. The zero-order chi connectivity index (χ0) is 18.7. The minimum atomic E-state index is 0.495. The summed E-state index contributed by atoms with van der Waals surface area (Å²) >= 11 is 0. The monoisotopic (exact) mass is 352 g/mol. The zero-order valence-corrected chi connectivity index (χ0v) is 16.6. The molecule has 0 saturated heterocycles. The average Bonchev–Trinajstić information content (AvgIpc) is 2.65. The number of nitrogens with zero attached hydrogens (tertiary/aromatic N) is 3. The van der Waals surface area contributed by atoms with Gasteiger partial charge in [-0.2, -0.15) is 4.98 Å². The summed E-state index contributed by atoms with van der Waals surface area (Å²) in [7, 11) is 0. The van der Waals surface area contributed by atoms with Crippen molar-refractivity contribution in [1.29, 1.82) is 0 Å². The molecule has 0 atom stereocenters. The molecule has 2 aromatic rings. The number of benzene rings is 1. The molecule has 1 saturated carbocycles. The van der Waals surface area contributed by atoms with Crippen LogP contribution in [0.4, 0.5) is 11.8 Å². The van der Waals surface area contributed by atoms with Gasteiger partial charge in [0.2, 0.25) is 5.95 Å². The van der Waals surface area contributed by atoms with E-state index in [2.05, 4.69) is 48.0 Å². The first kappa shape index (κ1) is 18.7. The molecule has 1 heterocycles. The fraction of sp³-hybridized carbons (Fsp3) is 0.545. The van der Waals surface area contributed by atoms with Crippen molar-refractivity contribution in [3.05, 3.63) is 46.6 Å². The number of aromatic nitrogens is 2. The summed E-state index contributed by atoms with van der Waals surface area (Å²) in [5.74, 6) is 1.94. The standard InChI is InChI=1S/C22H32N4/c1-15(2)19-12-10-18(11-13-19)14-26(20-8-6-5-7-9-20)22-24-17(4)16(3)21(23)25-22/h10-13,15,20H,5-9,14H2,1-4H3,(H2,23,24,25). The molecule has 3 rings (SSSR count). The number of rotatable bonds is 5. The highest BCUT2D eigenvalue weighted by Crippen LogP contribution is 2.29. The van der Waals surface area contributed by atoms with Crippen molar-refractivity contribution >= 4 is 11.8 Å². The Morgan fingerprint density at radius 3 is 2.27 bits per heavy atom. The van der Waals surface area contributed by atoms with E-state index in [1.54, 1.807) is 0 Å². The SMILES string of the molecule is Cc1nc(N(Cc2ccc(C(C)C)cc2)C2CCCCC2)nc(N)c1C. The Labute approximate surface area is 157 Å². The van der Waals surface area contributed by atoms with E-state index in [0.29, 0.717) is 17.8 Å². The predicted octanol–water partition coefficient (Wildman–Crippen LogP) is 5.14. The highest BCUT2D eigenvalue weighted by molar-refractivity contribution is 5.48. The topological polar surface area (TPSA) is 55.0 Å². The van der Waals surface area contributed by atoms with Crippen LogP contribution in [0.2, 0.25) is 0 Å². The molecule has 0 radical (unpaired) electrons. The third-order valence-corrected chi connectivity index (χ3v) is 5.69. The maximum atomic E-state index is 6.16. The minimum Gasteiger partial charge on any atom is -0.383 e. The van der Waals surface area contributed by atoms with E-state index in [0.717, 1.165) is 23.8 Å². The summed E-state index contributed by atoms with van der Waals surface area (Å²) in [4.78, 5) is 11.8. The van der Waals surface area contributed by atoms with Crippen LogP contribution < -0.4 is 10.6 Å². The van der Waals surface area contributed by atoms with Gasteiger partial charge >= 0.3 is 0 Å². The Balaban J connectivity index is 1.90. The molecule has 4 heteroatoms. The number of nitrogen functional groups attached to an aromatic ring is 1. The second-order valence-corrected chi connectivity index (χ2v) is 7.94. The van der Waals surface area contributed by atoms with E-state index in [1.807, 2.05) is 13.8 Å². The van der Waals surface area contributed by atoms with Crippen molar-refractivity contribution in [2.75, 3.05) is 10.6 Å². The van der Waals surface area contributed by atoms with Crippen LogP contribution in [0.15, 0.2) is 24.3 Å². The lowest BCUT2D eigenvalue weighted by atomic mass is 9.94. The Kier molecular flexibility index (Phi) is 5.80. The molecule has 2 N–H and O–H groups in total. The van der Waals surface area contributed by atoms with E-state index < -0.39 is 0 Å². The van der Waals surface area contributed by atoms with Crippen LogP contribution in [0.25, 0.3) is 0 Å². The Morgan fingerprint density at radius 2 is 1.69 bits per heavy atom. The zero-order valence-electron chi connectivity index (χ0n) is 16.6. The molecule has 1 aliphatic carbocycles. The highest BCUT2D eigenvalue weighted by atomic mass is 15.3. The molecule has 0 amide bonds. The van der Waals surface area contributed by atoms with Gasteiger partial charge in [-0.05, 0) is 43.7 Å². The molecular weight excluding hydrogens is 320 g/mol. The first-order valence-corrected chi connectivity index (χ1v) is 9.92. The van der Waals surface area contributed by atoms with Crippen LogP contribution >= 0.6 is 0 Å². The van der Waals surface area contributed by atoms with Crippen LogP contribution in [-0.2, 0) is 6.54 Å². The van der Waals surface area contributed by atoms with Gasteiger partial charge in [0.15, 0.2) is 0 Å². The molecule has 1 aliphatic rings. The summed E-state index contributed by atoms with van der Waals surface area (Å²) in [5.41, 5.74) is 10.8. The number of hydrogen-bond acceptors (Lipinski definition) is 4. The third kappa shape index (κ3) is 4.17. The molecule has 1 fully saturated rings. The number of aryl methyl sites for hydroxylation is 1. The lowest BCUT2D eigenvalue weighted by Gasteiger charge is -2.35. The second kappa shape index (κ2) is 8.07. The fourth-order valence-corrected chi connectivity index (χ4v) is 3.72. The molecular formula is C22H32N4.